The maximum atomic E-state index is 6.06. The molecule has 0 amide bonds. The molecule has 0 saturated carbocycles. The molecule has 17 heavy (non-hydrogen) atoms. The van der Waals surface area contributed by atoms with E-state index in [9.17, 15) is 0 Å². The molecule has 1 aliphatic heterocycles. The zero-order valence-corrected chi connectivity index (χ0v) is 11.5. The summed E-state index contributed by atoms with van der Waals surface area (Å²) in [6.07, 6.45) is 1.25. The molecule has 1 fully saturated rings. The molecule has 1 aliphatic rings. The summed E-state index contributed by atoms with van der Waals surface area (Å²) in [5, 5.41) is 0.768. The Kier molecular flexibility index (Phi) is 4.35. The van der Waals surface area contributed by atoms with E-state index in [4.69, 9.17) is 5.73 Å². The molecule has 2 nitrogen and oxygen atoms in total. The summed E-state index contributed by atoms with van der Waals surface area (Å²) >= 11 is 2.10. The van der Waals surface area contributed by atoms with Crippen LogP contribution in [0.2, 0.25) is 0 Å². The Morgan fingerprint density at radius 1 is 1.47 bits per heavy atom. The topological polar surface area (TPSA) is 29.3 Å². The number of rotatable bonds is 3. The number of benzene rings is 1. The van der Waals surface area contributed by atoms with Crippen molar-refractivity contribution in [1.29, 1.82) is 0 Å². The second-order valence-corrected chi connectivity index (χ2v) is 6.10. The largest absolute Gasteiger partial charge is 0.369 e. The van der Waals surface area contributed by atoms with Gasteiger partial charge in [0.2, 0.25) is 0 Å². The fraction of sp³-hybridized carbons (Fsp3) is 0.571. The number of hydrogen-bond acceptors (Lipinski definition) is 3. The van der Waals surface area contributed by atoms with Crippen LogP contribution in [0.15, 0.2) is 24.3 Å². The zero-order valence-electron chi connectivity index (χ0n) is 10.7. The third-order valence-electron chi connectivity index (χ3n) is 3.36. The van der Waals surface area contributed by atoms with E-state index in [0.29, 0.717) is 0 Å². The van der Waals surface area contributed by atoms with Gasteiger partial charge in [0.1, 0.15) is 0 Å². The second-order valence-electron chi connectivity index (χ2n) is 4.69. The van der Waals surface area contributed by atoms with Crippen LogP contribution in [0.3, 0.4) is 0 Å². The predicted molar refractivity (Wildman–Crippen MR) is 77.8 cm³/mol. The van der Waals surface area contributed by atoms with Crippen LogP contribution in [-0.2, 0) is 0 Å². The summed E-state index contributed by atoms with van der Waals surface area (Å²) in [5.41, 5.74) is 8.66. The normalized spacial score (nSPS) is 22.5. The van der Waals surface area contributed by atoms with E-state index < -0.39 is 0 Å². The third-order valence-corrected chi connectivity index (χ3v) is 4.73. The van der Waals surface area contributed by atoms with Crippen LogP contribution in [-0.4, -0.2) is 24.1 Å². The highest BCUT2D eigenvalue weighted by Crippen LogP contribution is 2.30. The molecular weight excluding hydrogens is 228 g/mol. The van der Waals surface area contributed by atoms with Gasteiger partial charge in [-0.15, -0.1) is 0 Å². The van der Waals surface area contributed by atoms with Gasteiger partial charge >= 0.3 is 0 Å². The molecule has 0 radical (unpaired) electrons. The highest BCUT2D eigenvalue weighted by atomic mass is 32.2. The van der Waals surface area contributed by atoms with Gasteiger partial charge in [-0.1, -0.05) is 25.1 Å². The molecule has 1 heterocycles. The Hall–Kier alpha value is -0.670. The molecule has 0 spiro atoms. The van der Waals surface area contributed by atoms with Crippen molar-refractivity contribution in [3.8, 4) is 0 Å². The van der Waals surface area contributed by atoms with Crippen molar-refractivity contribution in [1.82, 2.24) is 0 Å². The molecule has 0 bridgehead atoms. The zero-order chi connectivity index (χ0) is 12.3. The number of nitrogens with zero attached hydrogens (tertiary/aromatic N) is 1. The van der Waals surface area contributed by atoms with Gasteiger partial charge < -0.3 is 10.6 Å². The molecule has 1 aromatic carbocycles. The average molecular weight is 250 g/mol. The fourth-order valence-corrected chi connectivity index (χ4v) is 3.53. The molecule has 2 N–H and O–H groups in total. The van der Waals surface area contributed by atoms with Crippen molar-refractivity contribution < 1.29 is 0 Å². The Morgan fingerprint density at radius 2 is 2.24 bits per heavy atom. The van der Waals surface area contributed by atoms with Gasteiger partial charge in [0.25, 0.3) is 0 Å². The molecule has 0 aromatic heterocycles. The van der Waals surface area contributed by atoms with Gasteiger partial charge in [-0.05, 0) is 25.0 Å². The fourth-order valence-electron chi connectivity index (χ4n) is 2.35. The third kappa shape index (κ3) is 2.96. The SMILES string of the molecule is CCC1CN(c2ccccc2[C@@H](C)N)CCS1. The number of nitrogens with two attached hydrogens (primary N) is 1. The van der Waals surface area contributed by atoms with E-state index in [1.807, 2.05) is 0 Å². The minimum Gasteiger partial charge on any atom is -0.369 e. The van der Waals surface area contributed by atoms with E-state index in [1.54, 1.807) is 0 Å². The van der Waals surface area contributed by atoms with Crippen LogP contribution in [0.5, 0.6) is 0 Å². The molecule has 1 aromatic rings. The number of hydrogen-bond donors (Lipinski definition) is 1. The van der Waals surface area contributed by atoms with Crippen molar-refractivity contribution in [2.24, 2.45) is 5.73 Å². The molecular formula is C14H22N2S. The second kappa shape index (κ2) is 5.78. The average Bonchev–Trinajstić information content (AvgIpc) is 2.39. The lowest BCUT2D eigenvalue weighted by molar-refractivity contribution is 0.716. The Bertz CT molecular complexity index is 365. The lowest BCUT2D eigenvalue weighted by Crippen LogP contribution is -2.38. The molecule has 2 atom stereocenters. The van der Waals surface area contributed by atoms with E-state index in [0.717, 1.165) is 18.3 Å². The summed E-state index contributed by atoms with van der Waals surface area (Å²) in [4.78, 5) is 2.50. The smallest absolute Gasteiger partial charge is 0.0415 e. The first-order valence-electron chi connectivity index (χ1n) is 6.43. The standard InChI is InChI=1S/C14H22N2S/c1-3-12-10-16(8-9-17-12)14-7-5-4-6-13(14)11(2)15/h4-7,11-12H,3,8-10,15H2,1-2H3/t11-,12?/m1/s1. The first kappa shape index (κ1) is 12.8. The van der Waals surface area contributed by atoms with Crippen molar-refractivity contribution in [3.63, 3.8) is 0 Å². The molecule has 1 unspecified atom stereocenters. The van der Waals surface area contributed by atoms with E-state index in [-0.39, 0.29) is 6.04 Å². The summed E-state index contributed by atoms with van der Waals surface area (Å²) in [7, 11) is 0. The summed E-state index contributed by atoms with van der Waals surface area (Å²) < 4.78 is 0. The molecule has 0 aliphatic carbocycles. The molecule has 2 rings (SSSR count). The van der Waals surface area contributed by atoms with Gasteiger partial charge in [-0.3, -0.25) is 0 Å². The van der Waals surface area contributed by atoms with E-state index in [1.165, 1.54) is 23.4 Å². The highest BCUT2D eigenvalue weighted by Gasteiger charge is 2.21. The van der Waals surface area contributed by atoms with Crippen LogP contribution < -0.4 is 10.6 Å². The number of para-hydroxylation sites is 1. The number of anilines is 1. The Morgan fingerprint density at radius 3 is 2.94 bits per heavy atom. The van der Waals surface area contributed by atoms with Gasteiger partial charge in [-0.25, -0.2) is 0 Å². The molecule has 1 saturated heterocycles. The monoisotopic (exact) mass is 250 g/mol. The highest BCUT2D eigenvalue weighted by molar-refractivity contribution is 8.00. The van der Waals surface area contributed by atoms with Crippen LogP contribution in [0.1, 0.15) is 31.9 Å². The van der Waals surface area contributed by atoms with Crippen LogP contribution >= 0.6 is 11.8 Å². The minimum absolute atomic E-state index is 0.112. The van der Waals surface area contributed by atoms with Crippen molar-refractivity contribution in [2.45, 2.75) is 31.6 Å². The minimum atomic E-state index is 0.112. The van der Waals surface area contributed by atoms with Crippen LogP contribution in [0.4, 0.5) is 5.69 Å². The van der Waals surface area contributed by atoms with Crippen molar-refractivity contribution in [2.75, 3.05) is 23.7 Å². The van der Waals surface area contributed by atoms with Gasteiger partial charge in [0, 0.05) is 35.8 Å². The first-order chi connectivity index (χ1) is 8.22. The maximum absolute atomic E-state index is 6.06. The van der Waals surface area contributed by atoms with E-state index in [2.05, 4.69) is 54.8 Å². The van der Waals surface area contributed by atoms with Gasteiger partial charge in [0.05, 0.1) is 0 Å². The number of thioether (sulfide) groups is 1. The maximum Gasteiger partial charge on any atom is 0.0415 e. The van der Waals surface area contributed by atoms with Crippen molar-refractivity contribution >= 4 is 17.4 Å². The van der Waals surface area contributed by atoms with E-state index >= 15 is 0 Å². The van der Waals surface area contributed by atoms with Crippen molar-refractivity contribution in [3.05, 3.63) is 29.8 Å². The summed E-state index contributed by atoms with van der Waals surface area (Å²) in [6, 6.07) is 8.67. The lowest BCUT2D eigenvalue weighted by atomic mass is 10.1. The van der Waals surface area contributed by atoms with Gasteiger partial charge in [-0.2, -0.15) is 11.8 Å². The van der Waals surface area contributed by atoms with Crippen LogP contribution in [0, 0.1) is 0 Å². The predicted octanol–water partition coefficient (Wildman–Crippen LogP) is 3.04. The Labute approximate surface area is 109 Å². The summed E-state index contributed by atoms with van der Waals surface area (Å²) in [6.45, 7) is 6.64. The first-order valence-corrected chi connectivity index (χ1v) is 7.48. The molecule has 3 heteroatoms. The lowest BCUT2D eigenvalue weighted by Gasteiger charge is -2.35. The quantitative estimate of drug-likeness (QED) is 0.894. The Balaban J connectivity index is 2.21. The molecule has 94 valence electrons. The van der Waals surface area contributed by atoms with Gasteiger partial charge in [0.15, 0.2) is 0 Å². The van der Waals surface area contributed by atoms with Crippen LogP contribution in [0.25, 0.3) is 0 Å². The summed E-state index contributed by atoms with van der Waals surface area (Å²) in [5.74, 6) is 1.23.